The van der Waals surface area contributed by atoms with E-state index in [2.05, 4.69) is 5.32 Å². The minimum absolute atomic E-state index is 0.0579. The smallest absolute Gasteiger partial charge is 0.225 e. The van der Waals surface area contributed by atoms with Crippen molar-refractivity contribution in [3.63, 3.8) is 0 Å². The lowest BCUT2D eigenvalue weighted by Gasteiger charge is -2.21. The van der Waals surface area contributed by atoms with E-state index >= 15 is 0 Å². The molecule has 0 bridgehead atoms. The third kappa shape index (κ3) is 5.77. The first-order valence-electron chi connectivity index (χ1n) is 6.64. The van der Waals surface area contributed by atoms with Gasteiger partial charge in [0.2, 0.25) is 5.91 Å². The minimum Gasteiger partial charge on any atom is -0.488 e. The average Bonchev–Trinajstić information content (AvgIpc) is 2.24. The lowest BCUT2D eigenvalue weighted by molar-refractivity contribution is -0.128. The fraction of sp³-hybridized carbons (Fsp3) is 0.562. The molecule has 0 heterocycles. The van der Waals surface area contributed by atoms with Crippen molar-refractivity contribution in [2.75, 3.05) is 0 Å². The van der Waals surface area contributed by atoms with E-state index in [0.29, 0.717) is 6.54 Å². The molecule has 1 amide bonds. The highest BCUT2D eigenvalue weighted by Crippen LogP contribution is 2.19. The van der Waals surface area contributed by atoms with Crippen molar-refractivity contribution in [3.8, 4) is 5.75 Å². The van der Waals surface area contributed by atoms with Gasteiger partial charge in [-0.2, -0.15) is 0 Å². The number of nitrogens with one attached hydrogen (secondary N) is 1. The van der Waals surface area contributed by atoms with Crippen molar-refractivity contribution in [2.45, 2.75) is 53.7 Å². The Hall–Kier alpha value is -1.51. The van der Waals surface area contributed by atoms with Gasteiger partial charge in [0.15, 0.2) is 0 Å². The normalized spacial score (nSPS) is 12.1. The Bertz CT molecular complexity index is 422. The number of carbonyl (C=O) groups excluding carboxylic acids is 1. The molecule has 3 nitrogen and oxygen atoms in total. The van der Waals surface area contributed by atoms with E-state index in [1.807, 2.05) is 65.8 Å². The quantitative estimate of drug-likeness (QED) is 0.906. The standard InChI is InChI=1S/C16H25NO2/c1-15(2,3)14(18)17-11-12-7-9-13(10-8-12)19-16(4,5)6/h7-10H,11H2,1-6H3,(H,17,18). The molecule has 19 heavy (non-hydrogen) atoms. The van der Waals surface area contributed by atoms with Crippen LogP contribution in [0.4, 0.5) is 0 Å². The van der Waals surface area contributed by atoms with Crippen molar-refractivity contribution >= 4 is 5.91 Å². The maximum absolute atomic E-state index is 11.8. The maximum Gasteiger partial charge on any atom is 0.225 e. The van der Waals surface area contributed by atoms with Crippen LogP contribution in [-0.4, -0.2) is 11.5 Å². The molecular weight excluding hydrogens is 238 g/mol. The fourth-order valence-corrected chi connectivity index (χ4v) is 1.48. The average molecular weight is 263 g/mol. The summed E-state index contributed by atoms with van der Waals surface area (Å²) in [5.74, 6) is 0.904. The van der Waals surface area contributed by atoms with Crippen LogP contribution >= 0.6 is 0 Å². The van der Waals surface area contributed by atoms with Crippen molar-refractivity contribution in [1.29, 1.82) is 0 Å². The zero-order valence-corrected chi connectivity index (χ0v) is 12.8. The van der Waals surface area contributed by atoms with Crippen molar-refractivity contribution in [2.24, 2.45) is 5.41 Å². The third-order valence-electron chi connectivity index (χ3n) is 2.48. The molecule has 0 aromatic heterocycles. The number of hydrogen-bond acceptors (Lipinski definition) is 2. The van der Waals surface area contributed by atoms with Crippen LogP contribution in [0.15, 0.2) is 24.3 Å². The summed E-state index contributed by atoms with van der Waals surface area (Å²) >= 11 is 0. The second-order valence-corrected chi connectivity index (χ2v) is 6.79. The third-order valence-corrected chi connectivity index (χ3v) is 2.48. The zero-order chi connectivity index (χ0) is 14.7. The van der Waals surface area contributed by atoms with Crippen LogP contribution in [0.25, 0.3) is 0 Å². The van der Waals surface area contributed by atoms with Gasteiger partial charge < -0.3 is 10.1 Å². The summed E-state index contributed by atoms with van der Waals surface area (Å²) in [6.07, 6.45) is 0. The van der Waals surface area contributed by atoms with Gasteiger partial charge in [0.25, 0.3) is 0 Å². The topological polar surface area (TPSA) is 38.3 Å². The summed E-state index contributed by atoms with van der Waals surface area (Å²) in [6.45, 7) is 12.3. The van der Waals surface area contributed by atoms with Crippen molar-refractivity contribution in [3.05, 3.63) is 29.8 Å². The first-order valence-corrected chi connectivity index (χ1v) is 6.64. The molecule has 1 aromatic carbocycles. The summed E-state index contributed by atoms with van der Waals surface area (Å²) in [7, 11) is 0. The molecule has 0 atom stereocenters. The number of carbonyl (C=O) groups is 1. The van der Waals surface area contributed by atoms with Gasteiger partial charge in [0.1, 0.15) is 11.4 Å². The van der Waals surface area contributed by atoms with E-state index in [1.165, 1.54) is 0 Å². The summed E-state index contributed by atoms with van der Waals surface area (Å²) in [4.78, 5) is 11.8. The van der Waals surface area contributed by atoms with Gasteiger partial charge in [-0.1, -0.05) is 32.9 Å². The number of amides is 1. The Morgan fingerprint density at radius 2 is 1.58 bits per heavy atom. The monoisotopic (exact) mass is 263 g/mol. The number of rotatable bonds is 3. The summed E-state index contributed by atoms with van der Waals surface area (Å²) in [5.41, 5.74) is 0.524. The Kier molecular flexibility index (Phi) is 4.61. The van der Waals surface area contributed by atoms with Crippen LogP contribution in [0.5, 0.6) is 5.75 Å². The predicted molar refractivity (Wildman–Crippen MR) is 78.1 cm³/mol. The molecule has 0 spiro atoms. The van der Waals surface area contributed by atoms with E-state index < -0.39 is 0 Å². The predicted octanol–water partition coefficient (Wildman–Crippen LogP) is 3.53. The van der Waals surface area contributed by atoms with Gasteiger partial charge in [0, 0.05) is 12.0 Å². The Balaban J connectivity index is 2.56. The van der Waals surface area contributed by atoms with E-state index in [0.717, 1.165) is 11.3 Å². The highest BCUT2D eigenvalue weighted by molar-refractivity contribution is 5.81. The Morgan fingerprint density at radius 3 is 2.00 bits per heavy atom. The Morgan fingerprint density at radius 1 is 1.05 bits per heavy atom. The minimum atomic E-state index is -0.352. The molecule has 0 fully saturated rings. The molecule has 0 saturated heterocycles. The van der Waals surface area contributed by atoms with E-state index in [1.54, 1.807) is 0 Å². The second-order valence-electron chi connectivity index (χ2n) is 6.79. The molecule has 1 N–H and O–H groups in total. The van der Waals surface area contributed by atoms with Gasteiger partial charge in [-0.05, 0) is 38.5 Å². The van der Waals surface area contributed by atoms with Crippen LogP contribution in [0.2, 0.25) is 0 Å². The molecule has 0 unspecified atom stereocenters. The molecule has 0 saturated carbocycles. The van der Waals surface area contributed by atoms with Gasteiger partial charge in [-0.25, -0.2) is 0 Å². The fourth-order valence-electron chi connectivity index (χ4n) is 1.48. The molecule has 3 heteroatoms. The zero-order valence-electron chi connectivity index (χ0n) is 12.8. The number of benzene rings is 1. The summed E-state index contributed by atoms with van der Waals surface area (Å²) in [6, 6.07) is 7.82. The second kappa shape index (κ2) is 5.64. The molecular formula is C16H25NO2. The lowest BCUT2D eigenvalue weighted by Crippen LogP contribution is -2.34. The van der Waals surface area contributed by atoms with Crippen LogP contribution < -0.4 is 10.1 Å². The summed E-state index contributed by atoms with van der Waals surface area (Å²) in [5, 5.41) is 2.93. The molecule has 106 valence electrons. The number of ether oxygens (including phenoxy) is 1. The largest absolute Gasteiger partial charge is 0.488 e. The molecule has 1 rings (SSSR count). The van der Waals surface area contributed by atoms with Crippen molar-refractivity contribution < 1.29 is 9.53 Å². The molecule has 0 aliphatic rings. The van der Waals surface area contributed by atoms with Crippen molar-refractivity contribution in [1.82, 2.24) is 5.32 Å². The van der Waals surface area contributed by atoms with E-state index in [9.17, 15) is 4.79 Å². The molecule has 1 aromatic rings. The molecule has 0 aliphatic heterocycles. The SMILES string of the molecule is CC(C)(C)Oc1ccc(CNC(=O)C(C)(C)C)cc1. The molecule has 0 aliphatic carbocycles. The van der Waals surface area contributed by atoms with Crippen LogP contribution in [0.1, 0.15) is 47.1 Å². The van der Waals surface area contributed by atoms with E-state index in [4.69, 9.17) is 4.74 Å². The molecule has 0 radical (unpaired) electrons. The summed E-state index contributed by atoms with van der Waals surface area (Å²) < 4.78 is 5.75. The van der Waals surface area contributed by atoms with Gasteiger partial charge >= 0.3 is 0 Å². The Labute approximate surface area is 116 Å². The van der Waals surface area contributed by atoms with E-state index in [-0.39, 0.29) is 16.9 Å². The highest BCUT2D eigenvalue weighted by atomic mass is 16.5. The van der Waals surface area contributed by atoms with Gasteiger partial charge in [0.05, 0.1) is 0 Å². The highest BCUT2D eigenvalue weighted by Gasteiger charge is 2.20. The van der Waals surface area contributed by atoms with Crippen LogP contribution in [-0.2, 0) is 11.3 Å². The lowest BCUT2D eigenvalue weighted by atomic mass is 9.95. The van der Waals surface area contributed by atoms with Crippen LogP contribution in [0.3, 0.4) is 0 Å². The first kappa shape index (κ1) is 15.5. The van der Waals surface area contributed by atoms with Gasteiger partial charge in [-0.3, -0.25) is 4.79 Å². The first-order chi connectivity index (χ1) is 8.58. The van der Waals surface area contributed by atoms with Gasteiger partial charge in [-0.15, -0.1) is 0 Å². The van der Waals surface area contributed by atoms with Crippen LogP contribution in [0, 0.1) is 5.41 Å². The maximum atomic E-state index is 11.8. The number of hydrogen-bond donors (Lipinski definition) is 1.